The summed E-state index contributed by atoms with van der Waals surface area (Å²) < 4.78 is 16.7. The molecule has 0 radical (unpaired) electrons. The average molecular weight is 388 g/mol. The van der Waals surface area contributed by atoms with E-state index in [1.54, 1.807) is 42.5 Å². The molecule has 1 aromatic heterocycles. The smallest absolute Gasteiger partial charge is 0.322 e. The molecule has 0 bridgehead atoms. The van der Waals surface area contributed by atoms with Gasteiger partial charge in [-0.2, -0.15) is 0 Å². The molecule has 0 unspecified atom stereocenters. The minimum atomic E-state index is -0.372. The first-order valence-electron chi connectivity index (χ1n) is 8.41. The van der Waals surface area contributed by atoms with Crippen LogP contribution in [-0.4, -0.2) is 29.3 Å². The molecule has 1 amide bonds. The second-order valence-electron chi connectivity index (χ2n) is 5.40. The van der Waals surface area contributed by atoms with Gasteiger partial charge in [-0.25, -0.2) is 0 Å². The zero-order valence-corrected chi connectivity index (χ0v) is 15.6. The molecule has 0 aliphatic carbocycles. The highest BCUT2D eigenvalue weighted by molar-refractivity contribution is 6.30. The van der Waals surface area contributed by atoms with Gasteiger partial charge in [-0.3, -0.25) is 10.1 Å². The van der Waals surface area contributed by atoms with Crippen molar-refractivity contribution in [3.05, 3.63) is 53.1 Å². The summed E-state index contributed by atoms with van der Waals surface area (Å²) in [5.41, 5.74) is 1.08. The number of halogens is 1. The Morgan fingerprint density at radius 1 is 1.04 bits per heavy atom. The van der Waals surface area contributed by atoms with Crippen LogP contribution in [0, 0.1) is 0 Å². The van der Waals surface area contributed by atoms with Crippen molar-refractivity contribution < 1.29 is 18.7 Å². The Morgan fingerprint density at radius 2 is 1.74 bits per heavy atom. The van der Waals surface area contributed by atoms with Gasteiger partial charge in [0.25, 0.3) is 5.91 Å². The minimum Gasteiger partial charge on any atom is -0.490 e. The quantitative estimate of drug-likeness (QED) is 0.645. The minimum absolute atomic E-state index is 0.00297. The molecule has 0 aliphatic heterocycles. The Kier molecular flexibility index (Phi) is 5.93. The maximum absolute atomic E-state index is 12.2. The third-order valence-corrected chi connectivity index (χ3v) is 3.79. The molecule has 0 spiro atoms. The Hall–Kier alpha value is -3.06. The van der Waals surface area contributed by atoms with Crippen LogP contribution < -0.4 is 14.8 Å². The number of hydrogen-bond acceptors (Lipinski definition) is 6. The van der Waals surface area contributed by atoms with E-state index in [4.69, 9.17) is 25.5 Å². The highest BCUT2D eigenvalue weighted by Crippen LogP contribution is 2.32. The summed E-state index contributed by atoms with van der Waals surface area (Å²) in [5, 5.41) is 10.9. The van der Waals surface area contributed by atoms with Crippen LogP contribution in [0.4, 0.5) is 6.01 Å². The molecule has 2 aromatic carbocycles. The molecule has 7 nitrogen and oxygen atoms in total. The summed E-state index contributed by atoms with van der Waals surface area (Å²) >= 11 is 5.82. The molecular weight excluding hydrogens is 370 g/mol. The molecule has 0 atom stereocenters. The van der Waals surface area contributed by atoms with E-state index in [1.807, 2.05) is 13.8 Å². The maximum Gasteiger partial charge on any atom is 0.322 e. The third-order valence-electron chi connectivity index (χ3n) is 3.54. The molecule has 27 heavy (non-hydrogen) atoms. The van der Waals surface area contributed by atoms with E-state index < -0.39 is 0 Å². The Bertz CT molecular complexity index is 925. The lowest BCUT2D eigenvalue weighted by molar-refractivity contribution is 0.102. The topological polar surface area (TPSA) is 86.5 Å². The molecule has 1 heterocycles. The van der Waals surface area contributed by atoms with Gasteiger partial charge in [0.2, 0.25) is 5.89 Å². The molecule has 0 saturated carbocycles. The van der Waals surface area contributed by atoms with Gasteiger partial charge in [0.05, 0.1) is 13.2 Å². The molecule has 0 aliphatic rings. The summed E-state index contributed by atoms with van der Waals surface area (Å²) in [7, 11) is 0. The van der Waals surface area contributed by atoms with Gasteiger partial charge in [-0.05, 0) is 56.3 Å². The van der Waals surface area contributed by atoms with Crippen molar-refractivity contribution in [2.24, 2.45) is 0 Å². The number of nitrogens with one attached hydrogen (secondary N) is 1. The van der Waals surface area contributed by atoms with Crippen molar-refractivity contribution >= 4 is 23.5 Å². The average Bonchev–Trinajstić information content (AvgIpc) is 3.12. The zero-order valence-electron chi connectivity index (χ0n) is 14.9. The standard InChI is InChI=1S/C19H18ClN3O4/c1-3-25-15-10-7-13(11-16(15)26-4-2)18-22-23-19(27-18)21-17(24)12-5-8-14(20)9-6-12/h5-11H,3-4H2,1-2H3,(H,21,23,24). The van der Waals surface area contributed by atoms with Gasteiger partial charge in [0, 0.05) is 16.1 Å². The molecule has 0 saturated heterocycles. The molecule has 1 N–H and O–H groups in total. The van der Waals surface area contributed by atoms with E-state index in [2.05, 4.69) is 15.5 Å². The number of rotatable bonds is 7. The van der Waals surface area contributed by atoms with Crippen LogP contribution in [0.3, 0.4) is 0 Å². The van der Waals surface area contributed by atoms with E-state index in [0.717, 1.165) is 0 Å². The SMILES string of the molecule is CCOc1ccc(-c2nnc(NC(=O)c3ccc(Cl)cc3)o2)cc1OCC. The van der Waals surface area contributed by atoms with Crippen molar-refractivity contribution in [3.63, 3.8) is 0 Å². The van der Waals surface area contributed by atoms with Crippen LogP contribution in [-0.2, 0) is 0 Å². The van der Waals surface area contributed by atoms with Crippen molar-refractivity contribution in [2.75, 3.05) is 18.5 Å². The first-order valence-corrected chi connectivity index (χ1v) is 8.79. The number of hydrogen-bond donors (Lipinski definition) is 1. The summed E-state index contributed by atoms with van der Waals surface area (Å²) in [4.78, 5) is 12.2. The van der Waals surface area contributed by atoms with Gasteiger partial charge in [-0.15, -0.1) is 5.10 Å². The first-order chi connectivity index (χ1) is 13.1. The summed E-state index contributed by atoms with van der Waals surface area (Å²) in [5.74, 6) is 1.11. The fraction of sp³-hybridized carbons (Fsp3) is 0.211. The van der Waals surface area contributed by atoms with Crippen LogP contribution in [0.1, 0.15) is 24.2 Å². The number of benzene rings is 2. The van der Waals surface area contributed by atoms with Gasteiger partial charge in [-0.1, -0.05) is 16.7 Å². The van der Waals surface area contributed by atoms with Crippen LogP contribution in [0.25, 0.3) is 11.5 Å². The number of ether oxygens (including phenoxy) is 2. The Balaban J connectivity index is 1.77. The Labute approximate surface area is 161 Å². The van der Waals surface area contributed by atoms with E-state index in [-0.39, 0.29) is 17.8 Å². The van der Waals surface area contributed by atoms with Crippen molar-refractivity contribution in [1.82, 2.24) is 10.2 Å². The third kappa shape index (κ3) is 4.57. The van der Waals surface area contributed by atoms with Gasteiger partial charge in [0.15, 0.2) is 11.5 Å². The number of carbonyl (C=O) groups is 1. The van der Waals surface area contributed by atoms with E-state index in [0.29, 0.717) is 40.9 Å². The maximum atomic E-state index is 12.2. The number of nitrogens with zero attached hydrogens (tertiary/aromatic N) is 2. The number of anilines is 1. The number of carbonyl (C=O) groups excluding carboxylic acids is 1. The van der Waals surface area contributed by atoms with Crippen molar-refractivity contribution in [1.29, 1.82) is 0 Å². The van der Waals surface area contributed by atoms with Crippen LogP contribution in [0.15, 0.2) is 46.9 Å². The van der Waals surface area contributed by atoms with Gasteiger partial charge >= 0.3 is 6.01 Å². The lowest BCUT2D eigenvalue weighted by Gasteiger charge is -2.11. The zero-order chi connectivity index (χ0) is 19.2. The predicted octanol–water partition coefficient (Wildman–Crippen LogP) is 4.44. The molecule has 8 heteroatoms. The van der Waals surface area contributed by atoms with Gasteiger partial charge in [0.1, 0.15) is 0 Å². The van der Waals surface area contributed by atoms with Crippen molar-refractivity contribution in [2.45, 2.75) is 13.8 Å². The summed E-state index contributed by atoms with van der Waals surface area (Å²) in [6, 6.07) is 11.8. The fourth-order valence-corrected chi connectivity index (χ4v) is 2.47. The number of aromatic nitrogens is 2. The normalized spacial score (nSPS) is 10.5. The van der Waals surface area contributed by atoms with Crippen LogP contribution in [0.5, 0.6) is 11.5 Å². The number of amides is 1. The van der Waals surface area contributed by atoms with E-state index >= 15 is 0 Å². The summed E-state index contributed by atoms with van der Waals surface area (Å²) in [6.45, 7) is 4.81. The van der Waals surface area contributed by atoms with Crippen molar-refractivity contribution in [3.8, 4) is 23.0 Å². The highest BCUT2D eigenvalue weighted by atomic mass is 35.5. The molecule has 3 rings (SSSR count). The second-order valence-corrected chi connectivity index (χ2v) is 5.84. The molecule has 140 valence electrons. The van der Waals surface area contributed by atoms with E-state index in [1.165, 1.54) is 0 Å². The lowest BCUT2D eigenvalue weighted by atomic mass is 10.2. The first kappa shape index (κ1) is 18.7. The molecule has 3 aromatic rings. The Morgan fingerprint density at radius 3 is 2.44 bits per heavy atom. The molecular formula is C19H18ClN3O4. The van der Waals surface area contributed by atoms with Crippen LogP contribution >= 0.6 is 11.6 Å². The molecule has 0 fully saturated rings. The second kappa shape index (κ2) is 8.55. The summed E-state index contributed by atoms with van der Waals surface area (Å²) in [6.07, 6.45) is 0. The van der Waals surface area contributed by atoms with Gasteiger partial charge < -0.3 is 13.9 Å². The van der Waals surface area contributed by atoms with Crippen LogP contribution in [0.2, 0.25) is 5.02 Å². The highest BCUT2D eigenvalue weighted by Gasteiger charge is 2.15. The van der Waals surface area contributed by atoms with E-state index in [9.17, 15) is 4.79 Å². The monoisotopic (exact) mass is 387 g/mol. The fourth-order valence-electron chi connectivity index (χ4n) is 2.35. The lowest BCUT2D eigenvalue weighted by Crippen LogP contribution is -2.11. The largest absolute Gasteiger partial charge is 0.490 e. The predicted molar refractivity (Wildman–Crippen MR) is 101 cm³/mol.